The Kier molecular flexibility index (Phi) is 5.59. The lowest BCUT2D eigenvalue weighted by Gasteiger charge is -2.13. The third-order valence-electron chi connectivity index (χ3n) is 4.13. The molecule has 0 saturated heterocycles. The maximum atomic E-state index is 12.6. The van der Waals surface area contributed by atoms with Gasteiger partial charge in [-0.3, -0.25) is 14.5 Å². The Labute approximate surface area is 165 Å². The molecule has 1 heterocycles. The van der Waals surface area contributed by atoms with Crippen molar-refractivity contribution in [1.29, 1.82) is 0 Å². The number of carbonyl (C=O) groups excluding carboxylic acids is 2. The van der Waals surface area contributed by atoms with Crippen molar-refractivity contribution in [2.24, 2.45) is 0 Å². The minimum absolute atomic E-state index is 0.0147. The van der Waals surface area contributed by atoms with E-state index in [1.807, 2.05) is 30.3 Å². The molecule has 0 spiro atoms. The topological polar surface area (TPSA) is 37.4 Å². The van der Waals surface area contributed by atoms with Crippen molar-refractivity contribution in [3.05, 3.63) is 67.1 Å². The lowest BCUT2D eigenvalue weighted by molar-refractivity contribution is 0.0652. The molecule has 0 atom stereocenters. The summed E-state index contributed by atoms with van der Waals surface area (Å²) in [7, 11) is 0. The molecule has 3 rings (SSSR count). The van der Waals surface area contributed by atoms with Crippen molar-refractivity contribution >= 4 is 58.2 Å². The van der Waals surface area contributed by atoms with E-state index in [1.54, 1.807) is 0 Å². The number of unbranched alkanes of at least 4 members (excludes halogenated alkanes) is 1. The summed E-state index contributed by atoms with van der Waals surface area (Å²) in [5.41, 5.74) is 1.29. The average molecular weight is 417 g/mol. The highest BCUT2D eigenvalue weighted by atomic mass is 35.5. The molecule has 0 fully saturated rings. The van der Waals surface area contributed by atoms with Gasteiger partial charge in [0, 0.05) is 6.54 Å². The summed E-state index contributed by atoms with van der Waals surface area (Å²) in [6, 6.07) is 10.0. The predicted molar refractivity (Wildman–Crippen MR) is 101 cm³/mol. The molecule has 25 heavy (non-hydrogen) atoms. The van der Waals surface area contributed by atoms with Gasteiger partial charge in [0.2, 0.25) is 0 Å². The Morgan fingerprint density at radius 1 is 0.720 bits per heavy atom. The van der Waals surface area contributed by atoms with Crippen molar-refractivity contribution in [3.63, 3.8) is 0 Å². The summed E-state index contributed by atoms with van der Waals surface area (Å²) in [5.74, 6) is -0.963. The van der Waals surface area contributed by atoms with Gasteiger partial charge in [-0.15, -0.1) is 0 Å². The highest BCUT2D eigenvalue weighted by Gasteiger charge is 2.41. The molecule has 1 aliphatic rings. The van der Waals surface area contributed by atoms with Crippen molar-refractivity contribution in [1.82, 2.24) is 4.90 Å². The van der Waals surface area contributed by atoms with Crippen molar-refractivity contribution in [2.75, 3.05) is 6.54 Å². The van der Waals surface area contributed by atoms with Crippen molar-refractivity contribution in [2.45, 2.75) is 19.3 Å². The minimum Gasteiger partial charge on any atom is -0.274 e. The maximum Gasteiger partial charge on any atom is 0.263 e. The monoisotopic (exact) mass is 415 g/mol. The quantitative estimate of drug-likeness (QED) is 0.262. The van der Waals surface area contributed by atoms with Crippen LogP contribution < -0.4 is 0 Å². The number of hydrogen-bond acceptors (Lipinski definition) is 2. The predicted octanol–water partition coefficient (Wildman–Crippen LogP) is 5.92. The van der Waals surface area contributed by atoms with E-state index in [1.165, 1.54) is 5.56 Å². The molecule has 0 bridgehead atoms. The van der Waals surface area contributed by atoms with Gasteiger partial charge in [0.15, 0.2) is 0 Å². The first-order valence-corrected chi connectivity index (χ1v) is 9.20. The fourth-order valence-electron chi connectivity index (χ4n) is 2.84. The molecular formula is C18H13Cl4NO2. The molecule has 7 heteroatoms. The van der Waals surface area contributed by atoms with Gasteiger partial charge in [0.25, 0.3) is 11.8 Å². The molecule has 0 radical (unpaired) electrons. The molecule has 0 aliphatic carbocycles. The standard InChI is InChI=1S/C18H13Cl4NO2/c19-13-11-12(14(20)16(22)15(13)21)18(25)23(17(11)24)9-5-4-8-10-6-2-1-3-7-10/h1-3,6-7H,4-5,8-9H2. The third-order valence-corrected chi connectivity index (χ3v) is 5.93. The van der Waals surface area contributed by atoms with E-state index >= 15 is 0 Å². The van der Waals surface area contributed by atoms with Gasteiger partial charge in [0.05, 0.1) is 31.2 Å². The van der Waals surface area contributed by atoms with Gasteiger partial charge in [-0.25, -0.2) is 0 Å². The van der Waals surface area contributed by atoms with E-state index in [9.17, 15) is 9.59 Å². The van der Waals surface area contributed by atoms with Crippen LogP contribution in [0.5, 0.6) is 0 Å². The number of halogens is 4. The van der Waals surface area contributed by atoms with E-state index in [4.69, 9.17) is 46.4 Å². The van der Waals surface area contributed by atoms with Crippen LogP contribution >= 0.6 is 46.4 Å². The van der Waals surface area contributed by atoms with Crippen LogP contribution in [0.1, 0.15) is 39.1 Å². The highest BCUT2D eigenvalue weighted by molar-refractivity contribution is 6.55. The van der Waals surface area contributed by atoms with Gasteiger partial charge in [0.1, 0.15) is 0 Å². The molecule has 2 aromatic rings. The third kappa shape index (κ3) is 3.39. The lowest BCUT2D eigenvalue weighted by atomic mass is 10.1. The van der Waals surface area contributed by atoms with Crippen LogP contribution in [0.4, 0.5) is 0 Å². The van der Waals surface area contributed by atoms with Gasteiger partial charge in [-0.05, 0) is 24.8 Å². The zero-order chi connectivity index (χ0) is 18.1. The van der Waals surface area contributed by atoms with Gasteiger partial charge >= 0.3 is 0 Å². The molecule has 1 aliphatic heterocycles. The summed E-state index contributed by atoms with van der Waals surface area (Å²) < 4.78 is 0. The smallest absolute Gasteiger partial charge is 0.263 e. The van der Waals surface area contributed by atoms with E-state index in [0.717, 1.165) is 17.7 Å². The largest absolute Gasteiger partial charge is 0.274 e. The Hall–Kier alpha value is -1.26. The SMILES string of the molecule is O=C1c2c(Cl)c(Cl)c(Cl)c(Cl)c2C(=O)N1CCCCc1ccccc1. The van der Waals surface area contributed by atoms with Crippen LogP contribution in [0.3, 0.4) is 0 Å². The second kappa shape index (κ2) is 7.55. The number of aryl methyl sites for hydroxylation is 1. The fourth-order valence-corrected chi connectivity index (χ4v) is 3.86. The number of carbonyl (C=O) groups is 2. The Balaban J connectivity index is 1.72. The first-order valence-electron chi connectivity index (χ1n) is 7.69. The molecule has 3 nitrogen and oxygen atoms in total. The lowest BCUT2D eigenvalue weighted by Crippen LogP contribution is -2.30. The Morgan fingerprint density at radius 3 is 1.76 bits per heavy atom. The number of fused-ring (bicyclic) bond motifs is 1. The van der Waals surface area contributed by atoms with E-state index in [-0.39, 0.29) is 31.2 Å². The summed E-state index contributed by atoms with van der Waals surface area (Å²) in [4.78, 5) is 26.3. The summed E-state index contributed by atoms with van der Waals surface area (Å²) in [6.07, 6.45) is 2.40. The van der Waals surface area contributed by atoms with Crippen LogP contribution in [0.15, 0.2) is 30.3 Å². The van der Waals surface area contributed by atoms with Gasteiger partial charge in [-0.2, -0.15) is 0 Å². The number of benzene rings is 2. The van der Waals surface area contributed by atoms with Crippen LogP contribution in [-0.2, 0) is 6.42 Å². The fraction of sp³-hybridized carbons (Fsp3) is 0.222. The number of nitrogens with zero attached hydrogens (tertiary/aromatic N) is 1. The number of amides is 2. The van der Waals surface area contributed by atoms with Gasteiger partial charge in [-0.1, -0.05) is 76.7 Å². The van der Waals surface area contributed by atoms with Crippen LogP contribution in [0.2, 0.25) is 20.1 Å². The van der Waals surface area contributed by atoms with Crippen LogP contribution in [0, 0.1) is 0 Å². The zero-order valence-corrected chi connectivity index (χ0v) is 16.0. The second-order valence-electron chi connectivity index (χ2n) is 5.71. The van der Waals surface area contributed by atoms with E-state index < -0.39 is 11.8 Å². The van der Waals surface area contributed by atoms with Gasteiger partial charge < -0.3 is 0 Å². The van der Waals surface area contributed by atoms with E-state index in [2.05, 4.69) is 0 Å². The highest BCUT2D eigenvalue weighted by Crippen LogP contribution is 2.44. The summed E-state index contributed by atoms with van der Waals surface area (Å²) in [6.45, 7) is 0.293. The Bertz CT molecular complexity index is 805. The molecule has 0 N–H and O–H groups in total. The number of rotatable bonds is 5. The normalized spacial score (nSPS) is 13.5. The second-order valence-corrected chi connectivity index (χ2v) is 7.22. The first-order chi connectivity index (χ1) is 11.9. The summed E-state index contributed by atoms with van der Waals surface area (Å²) >= 11 is 24.2. The molecule has 2 amide bonds. The Morgan fingerprint density at radius 2 is 1.24 bits per heavy atom. The van der Waals surface area contributed by atoms with Crippen molar-refractivity contribution in [3.8, 4) is 0 Å². The summed E-state index contributed by atoms with van der Waals surface area (Å²) in [5, 5.41) is -0.0919. The maximum absolute atomic E-state index is 12.6. The molecule has 0 saturated carbocycles. The average Bonchev–Trinajstić information content (AvgIpc) is 2.87. The first kappa shape index (κ1) is 18.5. The zero-order valence-electron chi connectivity index (χ0n) is 13.0. The molecule has 0 unspecified atom stereocenters. The molecule has 130 valence electrons. The van der Waals surface area contributed by atoms with Crippen LogP contribution in [0.25, 0.3) is 0 Å². The number of imide groups is 1. The molecule has 2 aromatic carbocycles. The van der Waals surface area contributed by atoms with Crippen LogP contribution in [-0.4, -0.2) is 23.3 Å². The number of hydrogen-bond donors (Lipinski definition) is 0. The van der Waals surface area contributed by atoms with Crippen molar-refractivity contribution < 1.29 is 9.59 Å². The minimum atomic E-state index is -0.481. The van der Waals surface area contributed by atoms with E-state index in [0.29, 0.717) is 13.0 Å². The molecular weight excluding hydrogens is 404 g/mol. The molecule has 0 aromatic heterocycles.